The lowest BCUT2D eigenvalue weighted by Crippen LogP contribution is -2.42. The van der Waals surface area contributed by atoms with E-state index in [2.05, 4.69) is 28.9 Å². The molecule has 5 heteroatoms. The number of rotatable bonds is 1. The molecule has 26 heavy (non-hydrogen) atoms. The highest BCUT2D eigenvalue weighted by Crippen LogP contribution is 2.41. The summed E-state index contributed by atoms with van der Waals surface area (Å²) in [7, 11) is 0. The lowest BCUT2D eigenvalue weighted by Gasteiger charge is -2.34. The monoisotopic (exact) mass is 361 g/mol. The third-order valence-corrected chi connectivity index (χ3v) is 6.02. The molecular formula is C21H19N3OS. The van der Waals surface area contributed by atoms with Crippen LogP contribution in [0.5, 0.6) is 0 Å². The molecule has 0 radical (unpaired) electrons. The summed E-state index contributed by atoms with van der Waals surface area (Å²) in [6.45, 7) is 4.16. The van der Waals surface area contributed by atoms with Crippen LogP contribution in [0.2, 0.25) is 0 Å². The number of para-hydroxylation sites is 1. The fraction of sp³-hybridized carbons (Fsp3) is 0.238. The molecule has 2 unspecified atom stereocenters. The SMILES string of the molecule is Cc1ccc(N2C(=O)C3Cc4c([nH]c5ccccc45)C(C)N3C2=S)cc1. The first-order valence-corrected chi connectivity index (χ1v) is 9.29. The molecule has 0 bridgehead atoms. The highest BCUT2D eigenvalue weighted by molar-refractivity contribution is 7.80. The van der Waals surface area contributed by atoms with Gasteiger partial charge in [-0.05, 0) is 49.8 Å². The highest BCUT2D eigenvalue weighted by Gasteiger charge is 2.49. The van der Waals surface area contributed by atoms with Gasteiger partial charge in [-0.2, -0.15) is 0 Å². The van der Waals surface area contributed by atoms with Crippen LogP contribution < -0.4 is 4.90 Å². The van der Waals surface area contributed by atoms with Gasteiger partial charge in [0, 0.05) is 23.0 Å². The molecule has 1 aromatic heterocycles. The van der Waals surface area contributed by atoms with Crippen LogP contribution in [0.3, 0.4) is 0 Å². The van der Waals surface area contributed by atoms with Gasteiger partial charge in [0.2, 0.25) is 0 Å². The Morgan fingerprint density at radius 3 is 2.62 bits per heavy atom. The average Bonchev–Trinajstić information content (AvgIpc) is 3.13. The first-order valence-electron chi connectivity index (χ1n) is 8.88. The van der Waals surface area contributed by atoms with E-state index in [-0.39, 0.29) is 18.0 Å². The number of hydrogen-bond donors (Lipinski definition) is 1. The minimum absolute atomic E-state index is 0.0445. The van der Waals surface area contributed by atoms with Gasteiger partial charge in [0.05, 0.1) is 11.7 Å². The lowest BCUT2D eigenvalue weighted by atomic mass is 9.93. The van der Waals surface area contributed by atoms with E-state index in [1.165, 1.54) is 22.2 Å². The van der Waals surface area contributed by atoms with Crippen LogP contribution in [0.4, 0.5) is 5.69 Å². The Labute approximate surface area is 157 Å². The number of aromatic nitrogens is 1. The zero-order valence-electron chi connectivity index (χ0n) is 14.7. The summed E-state index contributed by atoms with van der Waals surface area (Å²) >= 11 is 5.73. The number of nitrogens with one attached hydrogen (secondary N) is 1. The normalized spacial score (nSPS) is 22.1. The third-order valence-electron chi connectivity index (χ3n) is 5.62. The molecule has 2 aliphatic rings. The predicted molar refractivity (Wildman–Crippen MR) is 107 cm³/mol. The third kappa shape index (κ3) is 2.01. The molecule has 0 spiro atoms. The molecule has 4 nitrogen and oxygen atoms in total. The fourth-order valence-electron chi connectivity index (χ4n) is 4.29. The predicted octanol–water partition coefficient (Wildman–Crippen LogP) is 4.10. The number of amides is 1. The maximum atomic E-state index is 13.2. The smallest absolute Gasteiger partial charge is 0.256 e. The molecular weight excluding hydrogens is 342 g/mol. The number of fused-ring (bicyclic) bond motifs is 4. The van der Waals surface area contributed by atoms with Crippen LogP contribution >= 0.6 is 12.2 Å². The molecule has 0 saturated carbocycles. The number of thiocarbonyl (C=S) groups is 1. The van der Waals surface area contributed by atoms with Crippen LogP contribution in [-0.2, 0) is 11.2 Å². The summed E-state index contributed by atoms with van der Waals surface area (Å²) < 4.78 is 0. The number of carbonyl (C=O) groups is 1. The maximum Gasteiger partial charge on any atom is 0.256 e. The van der Waals surface area contributed by atoms with Crippen molar-refractivity contribution < 1.29 is 4.79 Å². The van der Waals surface area contributed by atoms with E-state index in [9.17, 15) is 4.79 Å². The number of benzene rings is 2. The zero-order valence-corrected chi connectivity index (χ0v) is 15.5. The van der Waals surface area contributed by atoms with Crippen molar-refractivity contribution in [1.82, 2.24) is 9.88 Å². The minimum atomic E-state index is -0.231. The number of nitrogens with zero attached hydrogens (tertiary/aromatic N) is 2. The molecule has 2 aliphatic heterocycles. The summed E-state index contributed by atoms with van der Waals surface area (Å²) in [5.41, 5.74) is 5.55. The van der Waals surface area contributed by atoms with E-state index < -0.39 is 0 Å². The number of anilines is 1. The van der Waals surface area contributed by atoms with E-state index in [1.807, 2.05) is 43.3 Å². The van der Waals surface area contributed by atoms with Gasteiger partial charge < -0.3 is 9.88 Å². The minimum Gasteiger partial charge on any atom is -0.356 e. The molecule has 1 saturated heterocycles. The van der Waals surface area contributed by atoms with E-state index in [4.69, 9.17) is 12.2 Å². The van der Waals surface area contributed by atoms with Gasteiger partial charge in [-0.1, -0.05) is 35.9 Å². The topological polar surface area (TPSA) is 39.3 Å². The van der Waals surface area contributed by atoms with Crippen molar-refractivity contribution in [3.8, 4) is 0 Å². The van der Waals surface area contributed by atoms with Gasteiger partial charge >= 0.3 is 0 Å². The first-order chi connectivity index (χ1) is 12.6. The lowest BCUT2D eigenvalue weighted by molar-refractivity contribution is -0.120. The summed E-state index contributed by atoms with van der Waals surface area (Å²) in [6, 6.07) is 16.1. The van der Waals surface area contributed by atoms with E-state index in [0.29, 0.717) is 11.5 Å². The zero-order chi connectivity index (χ0) is 18.0. The van der Waals surface area contributed by atoms with Gasteiger partial charge in [0.25, 0.3) is 5.91 Å². The second kappa shape index (κ2) is 5.42. The maximum absolute atomic E-state index is 13.2. The van der Waals surface area contributed by atoms with Crippen molar-refractivity contribution in [2.24, 2.45) is 0 Å². The van der Waals surface area contributed by atoms with Crippen molar-refractivity contribution in [1.29, 1.82) is 0 Å². The molecule has 5 rings (SSSR count). The van der Waals surface area contributed by atoms with Gasteiger partial charge in [-0.25, -0.2) is 0 Å². The van der Waals surface area contributed by atoms with Crippen molar-refractivity contribution in [3.63, 3.8) is 0 Å². The number of aryl methyl sites for hydroxylation is 1. The van der Waals surface area contributed by atoms with Gasteiger partial charge in [-0.3, -0.25) is 9.69 Å². The quantitative estimate of drug-likeness (QED) is 0.664. The number of hydrogen-bond acceptors (Lipinski definition) is 2. The number of aromatic amines is 1. The molecule has 2 atom stereocenters. The fourth-order valence-corrected chi connectivity index (χ4v) is 4.77. The van der Waals surface area contributed by atoms with Gasteiger partial charge in [0.15, 0.2) is 5.11 Å². The van der Waals surface area contributed by atoms with E-state index in [1.54, 1.807) is 4.90 Å². The number of H-pyrrole nitrogens is 1. The molecule has 3 aromatic rings. The Kier molecular flexibility index (Phi) is 3.25. The van der Waals surface area contributed by atoms with E-state index >= 15 is 0 Å². The van der Waals surface area contributed by atoms with Gasteiger partial charge in [0.1, 0.15) is 6.04 Å². The van der Waals surface area contributed by atoms with Crippen LogP contribution in [0.15, 0.2) is 48.5 Å². The molecule has 0 aliphatic carbocycles. The van der Waals surface area contributed by atoms with E-state index in [0.717, 1.165) is 11.2 Å². The van der Waals surface area contributed by atoms with Crippen molar-refractivity contribution >= 4 is 39.8 Å². The first kappa shape index (κ1) is 15.6. The Balaban J connectivity index is 1.60. The molecule has 3 heterocycles. The summed E-state index contributed by atoms with van der Waals surface area (Å²) in [5.74, 6) is 0.0710. The second-order valence-electron chi connectivity index (χ2n) is 7.16. The molecule has 1 N–H and O–H groups in total. The van der Waals surface area contributed by atoms with Crippen molar-refractivity contribution in [3.05, 3.63) is 65.4 Å². The number of carbonyl (C=O) groups excluding carboxylic acids is 1. The molecule has 130 valence electrons. The Morgan fingerprint density at radius 1 is 1.12 bits per heavy atom. The Hall–Kier alpha value is -2.66. The van der Waals surface area contributed by atoms with Crippen LogP contribution in [-0.4, -0.2) is 26.9 Å². The highest BCUT2D eigenvalue weighted by atomic mass is 32.1. The summed E-state index contributed by atoms with van der Waals surface area (Å²) in [5, 5.41) is 1.81. The Bertz CT molecular complexity index is 1050. The molecule has 1 fully saturated rings. The average molecular weight is 361 g/mol. The molecule has 1 amide bonds. The van der Waals surface area contributed by atoms with Crippen molar-refractivity contribution in [2.75, 3.05) is 4.90 Å². The van der Waals surface area contributed by atoms with Crippen LogP contribution in [0.1, 0.15) is 29.8 Å². The summed E-state index contributed by atoms with van der Waals surface area (Å²) in [4.78, 5) is 20.6. The molecule has 2 aromatic carbocycles. The summed E-state index contributed by atoms with van der Waals surface area (Å²) in [6.07, 6.45) is 0.686. The standard InChI is InChI=1S/C21H19N3OS/c1-12-7-9-14(10-8-12)24-20(25)18-11-16-15-5-3-4-6-17(15)22-19(16)13(2)23(18)21(24)26/h3-10,13,18,22H,11H2,1-2H3. The largest absolute Gasteiger partial charge is 0.356 e. The van der Waals surface area contributed by atoms with Crippen LogP contribution in [0, 0.1) is 6.92 Å². The van der Waals surface area contributed by atoms with Crippen molar-refractivity contribution in [2.45, 2.75) is 32.4 Å². The van der Waals surface area contributed by atoms with Crippen LogP contribution in [0.25, 0.3) is 10.9 Å². The Morgan fingerprint density at radius 2 is 1.85 bits per heavy atom. The second-order valence-corrected chi connectivity index (χ2v) is 7.52. The van der Waals surface area contributed by atoms with Gasteiger partial charge in [-0.15, -0.1) is 0 Å².